The number of piperazine rings is 1. The smallest absolute Gasteiger partial charge is 0.225 e. The van der Waals surface area contributed by atoms with Gasteiger partial charge >= 0.3 is 0 Å². The number of rotatable bonds is 5. The van der Waals surface area contributed by atoms with Gasteiger partial charge in [-0.25, -0.2) is 9.97 Å². The molecule has 0 amide bonds. The van der Waals surface area contributed by atoms with Gasteiger partial charge in [-0.2, -0.15) is 0 Å². The number of nitrogens with zero attached hydrogens (tertiary/aromatic N) is 5. The molecule has 3 aromatic heterocycles. The van der Waals surface area contributed by atoms with Crippen molar-refractivity contribution in [3.8, 4) is 0 Å². The van der Waals surface area contributed by atoms with Crippen molar-refractivity contribution < 1.29 is 0 Å². The molecular formula is C17H20N6S. The van der Waals surface area contributed by atoms with Gasteiger partial charge in [-0.15, -0.1) is 11.3 Å². The lowest BCUT2D eigenvalue weighted by atomic mass is 10.3. The van der Waals surface area contributed by atoms with Crippen molar-refractivity contribution in [3.63, 3.8) is 0 Å². The highest BCUT2D eigenvalue weighted by Crippen LogP contribution is 2.26. The van der Waals surface area contributed by atoms with E-state index in [2.05, 4.69) is 47.6 Å². The van der Waals surface area contributed by atoms with Gasteiger partial charge in [0.1, 0.15) is 0 Å². The van der Waals surface area contributed by atoms with E-state index < -0.39 is 0 Å². The fourth-order valence-electron chi connectivity index (χ4n) is 2.99. The van der Waals surface area contributed by atoms with Crippen molar-refractivity contribution in [1.29, 1.82) is 0 Å². The second-order valence-electron chi connectivity index (χ2n) is 5.80. The molecule has 0 saturated carbocycles. The van der Waals surface area contributed by atoms with Gasteiger partial charge in [0.2, 0.25) is 5.95 Å². The first-order valence-electron chi connectivity index (χ1n) is 8.20. The SMILES string of the molecule is c1cnc(N2CCN(CCNc3ccnc4ccsc34)CC2)nc1. The lowest BCUT2D eigenvalue weighted by molar-refractivity contribution is 0.266. The van der Waals surface area contributed by atoms with Gasteiger partial charge < -0.3 is 10.2 Å². The molecule has 1 aliphatic rings. The van der Waals surface area contributed by atoms with Crippen LogP contribution in [0.4, 0.5) is 11.6 Å². The third-order valence-electron chi connectivity index (χ3n) is 4.29. The third kappa shape index (κ3) is 3.32. The van der Waals surface area contributed by atoms with Crippen LogP contribution in [0.5, 0.6) is 0 Å². The molecule has 1 fully saturated rings. The zero-order valence-corrected chi connectivity index (χ0v) is 14.2. The average molecular weight is 340 g/mol. The third-order valence-corrected chi connectivity index (χ3v) is 5.23. The highest BCUT2D eigenvalue weighted by molar-refractivity contribution is 7.17. The zero-order valence-electron chi connectivity index (χ0n) is 13.4. The molecule has 4 heterocycles. The molecule has 0 aromatic carbocycles. The summed E-state index contributed by atoms with van der Waals surface area (Å²) in [4.78, 5) is 17.8. The number of hydrogen-bond donors (Lipinski definition) is 1. The fourth-order valence-corrected chi connectivity index (χ4v) is 3.83. The van der Waals surface area contributed by atoms with Gasteiger partial charge in [0, 0.05) is 57.9 Å². The van der Waals surface area contributed by atoms with E-state index in [1.807, 2.05) is 12.3 Å². The normalized spacial score (nSPS) is 15.8. The van der Waals surface area contributed by atoms with Gasteiger partial charge in [-0.05, 0) is 23.6 Å². The molecule has 1 N–H and O–H groups in total. The lowest BCUT2D eigenvalue weighted by Crippen LogP contribution is -2.48. The summed E-state index contributed by atoms with van der Waals surface area (Å²) in [5.74, 6) is 0.840. The van der Waals surface area contributed by atoms with Crippen molar-refractivity contribution >= 4 is 33.2 Å². The van der Waals surface area contributed by atoms with Gasteiger partial charge in [-0.3, -0.25) is 9.88 Å². The van der Waals surface area contributed by atoms with Crippen LogP contribution in [0.15, 0.2) is 42.2 Å². The summed E-state index contributed by atoms with van der Waals surface area (Å²) in [7, 11) is 0. The second-order valence-corrected chi connectivity index (χ2v) is 6.71. The maximum Gasteiger partial charge on any atom is 0.225 e. The second kappa shape index (κ2) is 7.11. The highest BCUT2D eigenvalue weighted by atomic mass is 32.1. The van der Waals surface area contributed by atoms with Gasteiger partial charge in [0.25, 0.3) is 0 Å². The molecule has 1 aliphatic heterocycles. The Kier molecular flexibility index (Phi) is 4.53. The molecule has 0 bridgehead atoms. The molecule has 7 heteroatoms. The number of nitrogens with one attached hydrogen (secondary N) is 1. The molecule has 24 heavy (non-hydrogen) atoms. The number of pyridine rings is 1. The predicted molar refractivity (Wildman–Crippen MR) is 98.8 cm³/mol. The summed E-state index contributed by atoms with van der Waals surface area (Å²) in [5.41, 5.74) is 2.26. The Morgan fingerprint density at radius 3 is 2.67 bits per heavy atom. The van der Waals surface area contributed by atoms with E-state index in [-0.39, 0.29) is 0 Å². The van der Waals surface area contributed by atoms with Crippen LogP contribution >= 0.6 is 11.3 Å². The summed E-state index contributed by atoms with van der Waals surface area (Å²) in [6.07, 6.45) is 5.48. The lowest BCUT2D eigenvalue weighted by Gasteiger charge is -2.34. The number of anilines is 2. The van der Waals surface area contributed by atoms with Crippen LogP contribution in [0.25, 0.3) is 10.2 Å². The molecule has 6 nitrogen and oxygen atoms in total. The first-order chi connectivity index (χ1) is 11.9. The quantitative estimate of drug-likeness (QED) is 0.769. The molecule has 3 aromatic rings. The van der Waals surface area contributed by atoms with Crippen LogP contribution in [0.2, 0.25) is 0 Å². The Labute approximate surface area is 145 Å². The summed E-state index contributed by atoms with van der Waals surface area (Å²) in [5, 5.41) is 5.65. The minimum Gasteiger partial charge on any atom is -0.383 e. The van der Waals surface area contributed by atoms with Crippen molar-refractivity contribution in [2.45, 2.75) is 0 Å². The Bertz CT molecular complexity index is 782. The minimum absolute atomic E-state index is 0.840. The van der Waals surface area contributed by atoms with E-state index in [0.29, 0.717) is 0 Å². The largest absolute Gasteiger partial charge is 0.383 e. The van der Waals surface area contributed by atoms with Crippen LogP contribution in [-0.4, -0.2) is 59.1 Å². The van der Waals surface area contributed by atoms with E-state index in [9.17, 15) is 0 Å². The highest BCUT2D eigenvalue weighted by Gasteiger charge is 2.18. The molecule has 124 valence electrons. The van der Waals surface area contributed by atoms with Gasteiger partial charge in [0.15, 0.2) is 0 Å². The summed E-state index contributed by atoms with van der Waals surface area (Å²) >= 11 is 1.74. The summed E-state index contributed by atoms with van der Waals surface area (Å²) in [6.45, 7) is 6.04. The van der Waals surface area contributed by atoms with Gasteiger partial charge in [-0.1, -0.05) is 0 Å². The van der Waals surface area contributed by atoms with E-state index in [1.165, 1.54) is 10.4 Å². The number of fused-ring (bicyclic) bond motifs is 1. The van der Waals surface area contributed by atoms with Crippen molar-refractivity contribution in [3.05, 3.63) is 42.2 Å². The maximum atomic E-state index is 4.38. The maximum absolute atomic E-state index is 4.38. The Morgan fingerprint density at radius 1 is 1.00 bits per heavy atom. The van der Waals surface area contributed by atoms with Crippen LogP contribution in [0.3, 0.4) is 0 Å². The van der Waals surface area contributed by atoms with E-state index in [4.69, 9.17) is 0 Å². The zero-order chi connectivity index (χ0) is 16.2. The molecular weight excluding hydrogens is 320 g/mol. The van der Waals surface area contributed by atoms with Crippen molar-refractivity contribution in [2.24, 2.45) is 0 Å². The summed E-state index contributed by atoms with van der Waals surface area (Å²) in [6, 6.07) is 5.98. The monoisotopic (exact) mass is 340 g/mol. The number of thiophene rings is 1. The minimum atomic E-state index is 0.840. The van der Waals surface area contributed by atoms with Crippen molar-refractivity contribution in [2.75, 3.05) is 49.5 Å². The van der Waals surface area contributed by atoms with Crippen LogP contribution < -0.4 is 10.2 Å². The van der Waals surface area contributed by atoms with Gasteiger partial charge in [0.05, 0.1) is 15.9 Å². The van der Waals surface area contributed by atoms with E-state index in [1.54, 1.807) is 23.7 Å². The van der Waals surface area contributed by atoms with E-state index in [0.717, 1.165) is 50.7 Å². The molecule has 0 aliphatic carbocycles. The fraction of sp³-hybridized carbons (Fsp3) is 0.353. The van der Waals surface area contributed by atoms with E-state index >= 15 is 0 Å². The van der Waals surface area contributed by atoms with Crippen LogP contribution in [-0.2, 0) is 0 Å². The Morgan fingerprint density at radius 2 is 1.83 bits per heavy atom. The van der Waals surface area contributed by atoms with Crippen molar-refractivity contribution in [1.82, 2.24) is 19.9 Å². The standard InChI is InChI=1S/C17H20N6S/c1-4-20-17(21-5-1)23-11-9-22(10-12-23)8-7-19-14-2-6-18-15-3-13-24-16(14)15/h1-6,13H,7-12H2,(H,18,19). The predicted octanol–water partition coefficient (Wildman–Crippen LogP) is 2.32. The first kappa shape index (κ1) is 15.3. The average Bonchev–Trinajstić information content (AvgIpc) is 3.13. The van der Waals surface area contributed by atoms with Crippen LogP contribution in [0.1, 0.15) is 0 Å². The molecule has 1 saturated heterocycles. The molecule has 0 spiro atoms. The first-order valence-corrected chi connectivity index (χ1v) is 9.08. The molecule has 0 radical (unpaired) electrons. The molecule has 0 unspecified atom stereocenters. The molecule has 0 atom stereocenters. The topological polar surface area (TPSA) is 57.2 Å². The van der Waals surface area contributed by atoms with Crippen LogP contribution in [0, 0.1) is 0 Å². The number of aromatic nitrogens is 3. The number of hydrogen-bond acceptors (Lipinski definition) is 7. The summed E-state index contributed by atoms with van der Waals surface area (Å²) < 4.78 is 1.24. The Balaban J connectivity index is 1.27. The molecule has 4 rings (SSSR count). The Hall–Kier alpha value is -2.25.